The third-order valence-electron chi connectivity index (χ3n) is 5.25. The molecule has 1 amide bonds. The lowest BCUT2D eigenvalue weighted by molar-refractivity contribution is 0.103. The number of hydrogen-bond acceptors (Lipinski definition) is 8. The van der Waals surface area contributed by atoms with Gasteiger partial charge in [0.1, 0.15) is 30.2 Å². The molecular weight excluding hydrogens is 447 g/mol. The average Bonchev–Trinajstić information content (AvgIpc) is 3.19. The van der Waals surface area contributed by atoms with Crippen molar-refractivity contribution in [2.24, 2.45) is 0 Å². The van der Waals surface area contributed by atoms with Crippen LogP contribution in [-0.2, 0) is 0 Å². The van der Waals surface area contributed by atoms with E-state index in [0.717, 1.165) is 42.8 Å². The first kappa shape index (κ1) is 22.5. The number of nitrogens with one attached hydrogen (secondary N) is 2. The number of aliphatic hydroxyl groups is 1. The maximum absolute atomic E-state index is 12.7. The van der Waals surface area contributed by atoms with Crippen molar-refractivity contribution in [1.29, 1.82) is 0 Å². The molecule has 1 fully saturated rings. The number of benzene rings is 1. The summed E-state index contributed by atoms with van der Waals surface area (Å²) < 4.78 is 0. The highest BCUT2D eigenvalue weighted by Crippen LogP contribution is 2.28. The Hall–Kier alpha value is -2.69. The van der Waals surface area contributed by atoms with Gasteiger partial charge >= 0.3 is 0 Å². The van der Waals surface area contributed by atoms with Crippen LogP contribution >= 0.6 is 22.9 Å². The summed E-state index contributed by atoms with van der Waals surface area (Å²) in [5, 5.41) is 16.9. The van der Waals surface area contributed by atoms with Gasteiger partial charge < -0.3 is 20.6 Å². The molecule has 0 unspecified atom stereocenters. The van der Waals surface area contributed by atoms with Crippen LogP contribution in [-0.4, -0.2) is 53.0 Å². The van der Waals surface area contributed by atoms with E-state index in [2.05, 4.69) is 30.5 Å². The first-order chi connectivity index (χ1) is 15.3. The molecule has 3 N–H and O–H groups in total. The Balaban J connectivity index is 1.47. The molecule has 1 aromatic carbocycles. The first-order valence-corrected chi connectivity index (χ1v) is 11.6. The third-order valence-corrected chi connectivity index (χ3v) is 6.46. The lowest BCUT2D eigenvalue weighted by Crippen LogP contribution is -2.36. The minimum Gasteiger partial charge on any atom is -0.393 e. The third kappa shape index (κ3) is 5.20. The van der Waals surface area contributed by atoms with Crippen LogP contribution in [0.1, 0.15) is 33.9 Å². The van der Waals surface area contributed by atoms with Crippen molar-refractivity contribution in [2.45, 2.75) is 32.8 Å². The van der Waals surface area contributed by atoms with Gasteiger partial charge in [-0.1, -0.05) is 34.5 Å². The van der Waals surface area contributed by atoms with Gasteiger partial charge in [0.25, 0.3) is 5.91 Å². The van der Waals surface area contributed by atoms with Gasteiger partial charge in [-0.25, -0.2) is 15.0 Å². The molecule has 0 spiro atoms. The number of rotatable bonds is 5. The summed E-state index contributed by atoms with van der Waals surface area (Å²) in [6.45, 7) is 5.24. The van der Waals surface area contributed by atoms with Gasteiger partial charge in [0.05, 0.1) is 23.0 Å². The van der Waals surface area contributed by atoms with E-state index in [1.165, 1.54) is 17.5 Å². The predicted octanol–water partition coefficient (Wildman–Crippen LogP) is 2.42. The van der Waals surface area contributed by atoms with Crippen LogP contribution in [0.15, 0.2) is 24.4 Å². The van der Waals surface area contributed by atoms with Crippen LogP contribution in [0.3, 0.4) is 0 Å². The number of thiazole rings is 1. The fourth-order valence-corrected chi connectivity index (χ4v) is 4.76. The molecular formula is C21H24BClN6O2S. The van der Waals surface area contributed by atoms with Gasteiger partial charge in [0, 0.05) is 19.2 Å². The summed E-state index contributed by atoms with van der Waals surface area (Å²) in [4.78, 5) is 28.6. The summed E-state index contributed by atoms with van der Waals surface area (Å²) in [5.74, 6) is 1.79. The monoisotopic (exact) mass is 470 g/mol. The topological polar surface area (TPSA) is 103 Å². The maximum atomic E-state index is 12.7. The molecule has 8 nitrogen and oxygen atoms in total. The van der Waals surface area contributed by atoms with Crippen LogP contribution in [0, 0.1) is 13.8 Å². The molecule has 11 heteroatoms. The fraction of sp³-hybridized carbons (Fsp3) is 0.333. The van der Waals surface area contributed by atoms with Crippen LogP contribution in [0.25, 0.3) is 0 Å². The molecule has 4 rings (SSSR count). The predicted molar refractivity (Wildman–Crippen MR) is 132 cm³/mol. The summed E-state index contributed by atoms with van der Waals surface area (Å²) in [6, 6.07) is 5.66. The van der Waals surface area contributed by atoms with Crippen molar-refractivity contribution < 1.29 is 9.90 Å². The molecule has 3 aromatic rings. The molecule has 1 saturated heterocycles. The summed E-state index contributed by atoms with van der Waals surface area (Å²) in [7, 11) is 1.96. The maximum Gasteiger partial charge on any atom is 0.267 e. The number of anilines is 4. The number of carbonyl (C=O) groups excluding carboxylic acids is 1. The Morgan fingerprint density at radius 1 is 1.25 bits per heavy atom. The molecule has 0 radical (unpaired) electrons. The zero-order valence-electron chi connectivity index (χ0n) is 18.1. The quantitative estimate of drug-likeness (QED) is 0.492. The SMILES string of the molecule is Bc1cc(C)c(NC(=O)c2cnc(Nc3cc(N4CCC(O)CC4)nc(C)n3)s2)c(Cl)c1. The summed E-state index contributed by atoms with van der Waals surface area (Å²) in [5.41, 5.74) is 2.54. The number of aromatic nitrogens is 3. The Morgan fingerprint density at radius 2 is 2.00 bits per heavy atom. The van der Waals surface area contributed by atoms with E-state index in [-0.39, 0.29) is 12.0 Å². The van der Waals surface area contributed by atoms with E-state index in [1.54, 1.807) is 0 Å². The summed E-state index contributed by atoms with van der Waals surface area (Å²) >= 11 is 7.54. The lowest BCUT2D eigenvalue weighted by Gasteiger charge is -2.30. The molecule has 3 heterocycles. The number of carbonyl (C=O) groups is 1. The number of halogens is 1. The van der Waals surface area contributed by atoms with Gasteiger partial charge in [0.2, 0.25) is 0 Å². The van der Waals surface area contributed by atoms with Crippen LogP contribution < -0.4 is 21.0 Å². The van der Waals surface area contributed by atoms with E-state index in [0.29, 0.717) is 32.4 Å². The molecule has 0 atom stereocenters. The second-order valence-electron chi connectivity index (χ2n) is 7.92. The number of hydrogen-bond donors (Lipinski definition) is 3. The minimum atomic E-state index is -0.268. The molecule has 0 bridgehead atoms. The van der Waals surface area contributed by atoms with Crippen molar-refractivity contribution in [3.63, 3.8) is 0 Å². The van der Waals surface area contributed by atoms with Crippen LogP contribution in [0.5, 0.6) is 0 Å². The van der Waals surface area contributed by atoms with Crippen LogP contribution in [0.4, 0.5) is 22.5 Å². The van der Waals surface area contributed by atoms with Gasteiger partial charge in [-0.05, 0) is 38.3 Å². The van der Waals surface area contributed by atoms with Crippen molar-refractivity contribution in [1.82, 2.24) is 15.0 Å². The van der Waals surface area contributed by atoms with Crippen LogP contribution in [0.2, 0.25) is 5.02 Å². The molecule has 32 heavy (non-hydrogen) atoms. The molecule has 0 saturated carbocycles. The van der Waals surface area contributed by atoms with Gasteiger partial charge in [0.15, 0.2) is 5.13 Å². The van der Waals surface area contributed by atoms with Crippen molar-refractivity contribution in [3.8, 4) is 0 Å². The largest absolute Gasteiger partial charge is 0.393 e. The average molecular weight is 471 g/mol. The molecule has 0 aliphatic carbocycles. The summed E-state index contributed by atoms with van der Waals surface area (Å²) in [6.07, 6.45) is 2.73. The Morgan fingerprint density at radius 3 is 2.72 bits per heavy atom. The Bertz CT molecular complexity index is 1130. The van der Waals surface area contributed by atoms with Gasteiger partial charge in [-0.3, -0.25) is 4.79 Å². The highest BCUT2D eigenvalue weighted by Gasteiger charge is 2.20. The number of amides is 1. The molecule has 2 aromatic heterocycles. The van der Waals surface area contributed by atoms with Gasteiger partial charge in [-0.2, -0.15) is 0 Å². The van der Waals surface area contributed by atoms with Crippen molar-refractivity contribution >= 4 is 64.6 Å². The Kier molecular flexibility index (Phi) is 6.64. The fourth-order valence-electron chi connectivity index (χ4n) is 3.67. The second-order valence-corrected chi connectivity index (χ2v) is 9.36. The van der Waals surface area contributed by atoms with Crippen molar-refractivity contribution in [3.05, 3.63) is 45.7 Å². The van der Waals surface area contributed by atoms with E-state index >= 15 is 0 Å². The first-order valence-electron chi connectivity index (χ1n) is 10.4. The molecule has 1 aliphatic heterocycles. The van der Waals surface area contributed by atoms with Crippen molar-refractivity contribution in [2.75, 3.05) is 28.6 Å². The van der Waals surface area contributed by atoms with Gasteiger partial charge in [-0.15, -0.1) is 0 Å². The standard InChI is InChI=1S/C21H24BClN6O2S/c1-11-7-13(22)8-15(23)19(11)28-20(31)16-10-24-21(32-16)27-17-9-18(26-12(2)25-17)29-5-3-14(30)4-6-29/h7-10,14,30H,3-6,22H2,1-2H3,(H,28,31)(H,24,25,26,27). The lowest BCUT2D eigenvalue weighted by atomic mass is 9.94. The molecule has 1 aliphatic rings. The zero-order valence-corrected chi connectivity index (χ0v) is 19.7. The van der Waals surface area contributed by atoms with E-state index in [9.17, 15) is 9.90 Å². The highest BCUT2D eigenvalue weighted by atomic mass is 35.5. The smallest absolute Gasteiger partial charge is 0.267 e. The van der Waals surface area contributed by atoms with E-state index in [1.807, 2.05) is 39.9 Å². The normalized spacial score (nSPS) is 14.4. The van der Waals surface area contributed by atoms with E-state index in [4.69, 9.17) is 11.6 Å². The number of nitrogens with zero attached hydrogens (tertiary/aromatic N) is 4. The number of piperidine rings is 1. The van der Waals surface area contributed by atoms with E-state index < -0.39 is 0 Å². The second kappa shape index (κ2) is 9.44. The number of aliphatic hydroxyl groups excluding tert-OH is 1. The number of aryl methyl sites for hydroxylation is 2. The minimum absolute atomic E-state index is 0.245. The highest BCUT2D eigenvalue weighted by molar-refractivity contribution is 7.17. The Labute approximate surface area is 196 Å². The molecule has 166 valence electrons. The zero-order chi connectivity index (χ0) is 22.8.